The van der Waals surface area contributed by atoms with Gasteiger partial charge < -0.3 is 14.7 Å². The lowest BCUT2D eigenvalue weighted by molar-refractivity contribution is -0.149. The van der Waals surface area contributed by atoms with Crippen molar-refractivity contribution in [2.24, 2.45) is 0 Å². The van der Waals surface area contributed by atoms with Crippen LogP contribution in [0.3, 0.4) is 0 Å². The maximum atomic E-state index is 13.5. The first-order valence-electron chi connectivity index (χ1n) is 12.7. The zero-order valence-corrected chi connectivity index (χ0v) is 21.6. The van der Waals surface area contributed by atoms with E-state index >= 15 is 0 Å². The fraction of sp³-hybridized carbons (Fsp3) is 0.267. The van der Waals surface area contributed by atoms with Crippen molar-refractivity contribution < 1.29 is 29.0 Å². The summed E-state index contributed by atoms with van der Waals surface area (Å²) in [4.78, 5) is 53.9. The number of carbonyl (C=O) groups is 4. The molecule has 1 aliphatic rings. The van der Waals surface area contributed by atoms with Crippen LogP contribution in [0.2, 0.25) is 0 Å². The van der Waals surface area contributed by atoms with Crippen LogP contribution < -0.4 is 5.32 Å². The topological polar surface area (TPSA) is 116 Å². The van der Waals surface area contributed by atoms with Crippen LogP contribution in [0.1, 0.15) is 23.6 Å². The van der Waals surface area contributed by atoms with Gasteiger partial charge in [0, 0.05) is 6.54 Å². The number of benzene rings is 3. The monoisotopic (exact) mass is 529 g/mol. The van der Waals surface area contributed by atoms with E-state index in [1.807, 2.05) is 91.0 Å². The number of imide groups is 1. The minimum atomic E-state index is -1.34. The summed E-state index contributed by atoms with van der Waals surface area (Å²) >= 11 is 0. The Morgan fingerprint density at radius 1 is 0.897 bits per heavy atom. The Morgan fingerprint density at radius 3 is 2.00 bits per heavy atom. The van der Waals surface area contributed by atoms with E-state index in [2.05, 4.69) is 5.32 Å². The molecule has 0 aliphatic carbocycles. The molecule has 4 rings (SSSR count). The molecule has 1 aliphatic heterocycles. The normalized spacial score (nSPS) is 16.5. The molecule has 0 unspecified atom stereocenters. The Kier molecular flexibility index (Phi) is 9.06. The lowest BCUT2D eigenvalue weighted by Gasteiger charge is -2.26. The van der Waals surface area contributed by atoms with E-state index in [0.29, 0.717) is 0 Å². The van der Waals surface area contributed by atoms with Gasteiger partial charge in [0.15, 0.2) is 6.04 Å². The van der Waals surface area contributed by atoms with Gasteiger partial charge in [-0.05, 0) is 30.0 Å². The number of amides is 3. The van der Waals surface area contributed by atoms with Crippen molar-refractivity contribution in [3.05, 3.63) is 108 Å². The summed E-state index contributed by atoms with van der Waals surface area (Å²) < 4.78 is 5.54. The van der Waals surface area contributed by atoms with Crippen LogP contribution in [0.4, 0.5) is 4.79 Å². The predicted octanol–water partition coefficient (Wildman–Crippen LogP) is 3.24. The third kappa shape index (κ3) is 7.08. The first-order chi connectivity index (χ1) is 18.8. The molecule has 9 nitrogen and oxygen atoms in total. The van der Waals surface area contributed by atoms with Crippen molar-refractivity contribution in [2.75, 3.05) is 6.54 Å². The number of hydrogen-bond donors (Lipinski definition) is 2. The van der Waals surface area contributed by atoms with Gasteiger partial charge in [0.1, 0.15) is 12.6 Å². The number of hydrogen-bond acceptors (Lipinski definition) is 6. The van der Waals surface area contributed by atoms with Crippen molar-refractivity contribution in [3.8, 4) is 0 Å². The fourth-order valence-electron chi connectivity index (χ4n) is 4.50. The second-order valence-corrected chi connectivity index (χ2v) is 9.43. The maximum Gasteiger partial charge on any atom is 0.328 e. The molecule has 1 heterocycles. The molecule has 1 fully saturated rings. The molecule has 3 amide bonds. The number of carboxylic acid groups (broad SMARTS) is 1. The molecule has 0 spiro atoms. The molecule has 0 bridgehead atoms. The number of rotatable bonds is 11. The Morgan fingerprint density at radius 2 is 1.44 bits per heavy atom. The zero-order valence-electron chi connectivity index (χ0n) is 21.6. The molecular formula is C30H31N3O6. The SMILES string of the molecule is C[C@@H](N[C@@H](Cc1ccccc1)C(=O)OCc1ccccc1)C(=O)N1C(=O)N(Cc2ccccc2)C[C@H]1C(=O)O. The van der Waals surface area contributed by atoms with Gasteiger partial charge in [-0.15, -0.1) is 0 Å². The molecule has 9 heteroatoms. The highest BCUT2D eigenvalue weighted by Crippen LogP contribution is 2.21. The third-order valence-corrected chi connectivity index (χ3v) is 6.53. The van der Waals surface area contributed by atoms with Crippen LogP contribution in [0.25, 0.3) is 0 Å². The number of ether oxygens (including phenoxy) is 1. The molecule has 0 saturated carbocycles. The number of carboxylic acids is 1. The summed E-state index contributed by atoms with van der Waals surface area (Å²) in [5.41, 5.74) is 2.49. The van der Waals surface area contributed by atoms with E-state index in [9.17, 15) is 24.3 Å². The number of nitrogens with one attached hydrogen (secondary N) is 1. The standard InChI is InChI=1S/C30H31N3O6/c1-21(27(34)33-26(28(35)36)19-32(30(33)38)18-23-13-7-3-8-14-23)31-25(17-22-11-5-2-6-12-22)29(37)39-20-24-15-9-4-10-16-24/h2-16,21,25-26,31H,17-20H2,1H3,(H,35,36)/t21-,25+,26+/m1/s1. The van der Waals surface area contributed by atoms with Gasteiger partial charge in [-0.1, -0.05) is 91.0 Å². The molecule has 0 radical (unpaired) electrons. The molecule has 1 saturated heterocycles. The van der Waals surface area contributed by atoms with E-state index in [1.54, 1.807) is 0 Å². The van der Waals surface area contributed by atoms with Crippen LogP contribution in [0.15, 0.2) is 91.0 Å². The Bertz CT molecular complexity index is 1290. The van der Waals surface area contributed by atoms with E-state index in [1.165, 1.54) is 11.8 Å². The van der Waals surface area contributed by atoms with E-state index < -0.39 is 42.0 Å². The lowest BCUT2D eigenvalue weighted by Crippen LogP contribution is -2.55. The average Bonchev–Trinajstić information content (AvgIpc) is 3.28. The molecule has 202 valence electrons. The van der Waals surface area contributed by atoms with Crippen LogP contribution in [-0.2, 0) is 38.7 Å². The first kappa shape index (κ1) is 27.5. The predicted molar refractivity (Wildman–Crippen MR) is 143 cm³/mol. The van der Waals surface area contributed by atoms with Crippen molar-refractivity contribution in [1.82, 2.24) is 15.1 Å². The Labute approximate surface area is 227 Å². The molecule has 3 aromatic rings. The second kappa shape index (κ2) is 12.8. The molecule has 3 aromatic carbocycles. The van der Waals surface area contributed by atoms with Crippen LogP contribution in [-0.4, -0.2) is 63.5 Å². The summed E-state index contributed by atoms with van der Waals surface area (Å²) in [5, 5.41) is 12.8. The van der Waals surface area contributed by atoms with Gasteiger partial charge in [-0.3, -0.25) is 14.9 Å². The van der Waals surface area contributed by atoms with Crippen LogP contribution in [0.5, 0.6) is 0 Å². The summed E-state index contributed by atoms with van der Waals surface area (Å²) in [5.74, 6) is -2.56. The van der Waals surface area contributed by atoms with Crippen molar-refractivity contribution in [3.63, 3.8) is 0 Å². The number of urea groups is 1. The number of aliphatic carboxylic acids is 1. The quantitative estimate of drug-likeness (QED) is 0.366. The molecule has 2 N–H and O–H groups in total. The van der Waals surface area contributed by atoms with E-state index in [4.69, 9.17) is 4.74 Å². The van der Waals surface area contributed by atoms with Gasteiger partial charge in [0.05, 0.1) is 12.6 Å². The number of esters is 1. The van der Waals surface area contributed by atoms with Crippen LogP contribution in [0, 0.1) is 0 Å². The average molecular weight is 530 g/mol. The number of carbonyl (C=O) groups excluding carboxylic acids is 3. The maximum absolute atomic E-state index is 13.5. The summed E-state index contributed by atoms with van der Waals surface area (Å²) in [6.45, 7) is 1.62. The lowest BCUT2D eigenvalue weighted by atomic mass is 10.0. The largest absolute Gasteiger partial charge is 0.480 e. The van der Waals surface area contributed by atoms with Gasteiger partial charge in [-0.2, -0.15) is 0 Å². The summed E-state index contributed by atoms with van der Waals surface area (Å²) in [6, 6.07) is 23.7. The van der Waals surface area contributed by atoms with Crippen LogP contribution >= 0.6 is 0 Å². The van der Waals surface area contributed by atoms with Crippen molar-refractivity contribution in [2.45, 2.75) is 44.6 Å². The minimum Gasteiger partial charge on any atom is -0.480 e. The number of nitrogens with zero attached hydrogens (tertiary/aromatic N) is 2. The van der Waals surface area contributed by atoms with Gasteiger partial charge in [0.25, 0.3) is 0 Å². The second-order valence-electron chi connectivity index (χ2n) is 9.43. The zero-order chi connectivity index (χ0) is 27.8. The highest BCUT2D eigenvalue weighted by atomic mass is 16.5. The first-order valence-corrected chi connectivity index (χ1v) is 12.7. The van der Waals surface area contributed by atoms with E-state index in [0.717, 1.165) is 21.6 Å². The van der Waals surface area contributed by atoms with Gasteiger partial charge in [-0.25, -0.2) is 14.5 Å². The Hall–Kier alpha value is -4.50. The molecular weight excluding hydrogens is 498 g/mol. The molecule has 39 heavy (non-hydrogen) atoms. The smallest absolute Gasteiger partial charge is 0.328 e. The van der Waals surface area contributed by atoms with E-state index in [-0.39, 0.29) is 26.1 Å². The Balaban J connectivity index is 1.48. The minimum absolute atomic E-state index is 0.0646. The highest BCUT2D eigenvalue weighted by molar-refractivity contribution is 6.02. The highest BCUT2D eigenvalue weighted by Gasteiger charge is 2.46. The fourth-order valence-corrected chi connectivity index (χ4v) is 4.50. The summed E-state index contributed by atoms with van der Waals surface area (Å²) in [7, 11) is 0. The van der Waals surface area contributed by atoms with Crippen molar-refractivity contribution >= 4 is 23.9 Å². The van der Waals surface area contributed by atoms with Crippen molar-refractivity contribution in [1.29, 1.82) is 0 Å². The van der Waals surface area contributed by atoms with Gasteiger partial charge in [0.2, 0.25) is 5.91 Å². The summed E-state index contributed by atoms with van der Waals surface area (Å²) in [6.07, 6.45) is 0.239. The van der Waals surface area contributed by atoms with Gasteiger partial charge >= 0.3 is 18.0 Å². The third-order valence-electron chi connectivity index (χ3n) is 6.53. The molecule has 3 atom stereocenters. The molecule has 0 aromatic heterocycles.